The van der Waals surface area contributed by atoms with Crippen molar-refractivity contribution in [2.75, 3.05) is 70.2 Å². The first-order valence-corrected chi connectivity index (χ1v) is 13.0. The van der Waals surface area contributed by atoms with Crippen molar-refractivity contribution in [1.82, 2.24) is 24.8 Å². The molecule has 1 unspecified atom stereocenters. The lowest BCUT2D eigenvalue weighted by Gasteiger charge is -2.41. The van der Waals surface area contributed by atoms with Crippen LogP contribution in [0.2, 0.25) is 5.02 Å². The lowest BCUT2D eigenvalue weighted by Crippen LogP contribution is -2.52. The smallest absolute Gasteiger partial charge is 0.159 e. The van der Waals surface area contributed by atoms with E-state index in [0.717, 1.165) is 87.0 Å². The van der Waals surface area contributed by atoms with Crippen molar-refractivity contribution in [1.29, 1.82) is 0 Å². The van der Waals surface area contributed by atoms with E-state index in [1.54, 1.807) is 13.3 Å². The molecule has 3 aromatic rings. The fourth-order valence-corrected chi connectivity index (χ4v) is 5.36. The van der Waals surface area contributed by atoms with Gasteiger partial charge in [0.25, 0.3) is 0 Å². The fraction of sp³-hybridized carbons (Fsp3) is 0.538. The molecule has 2 fully saturated rings. The number of ether oxygens (including phenoxy) is 1. The maximum atomic E-state index is 6.56. The number of nitrogens with zero attached hydrogens (tertiary/aromatic N) is 5. The molecule has 0 amide bonds. The Kier molecular flexibility index (Phi) is 7.43. The van der Waals surface area contributed by atoms with E-state index < -0.39 is 0 Å². The van der Waals surface area contributed by atoms with Gasteiger partial charge in [-0.2, -0.15) is 0 Å². The van der Waals surface area contributed by atoms with Gasteiger partial charge in [-0.25, -0.2) is 9.97 Å². The van der Waals surface area contributed by atoms with Gasteiger partial charge in [0.1, 0.15) is 11.3 Å². The summed E-state index contributed by atoms with van der Waals surface area (Å²) in [4.78, 5) is 20.1. The number of piperazine rings is 1. The highest BCUT2D eigenvalue weighted by molar-refractivity contribution is 6.34. The van der Waals surface area contributed by atoms with Crippen LogP contribution >= 0.6 is 11.6 Å². The van der Waals surface area contributed by atoms with Gasteiger partial charge in [0.15, 0.2) is 5.65 Å². The van der Waals surface area contributed by atoms with Crippen molar-refractivity contribution in [3.05, 3.63) is 35.5 Å². The average molecular weight is 498 g/mol. The van der Waals surface area contributed by atoms with E-state index >= 15 is 0 Å². The van der Waals surface area contributed by atoms with E-state index in [4.69, 9.17) is 21.3 Å². The molecule has 0 aliphatic carbocycles. The SMILES string of the molecule is COCCN1CCN(c2ccc(-c3nc4c(NC5CCN(C)CC5)c(Cl)cnc4[nH]3)cc2)CC1C. The molecule has 35 heavy (non-hydrogen) atoms. The largest absolute Gasteiger partial charge is 0.383 e. The highest BCUT2D eigenvalue weighted by atomic mass is 35.5. The summed E-state index contributed by atoms with van der Waals surface area (Å²) in [5.74, 6) is 0.811. The number of imidazole rings is 1. The predicted molar refractivity (Wildman–Crippen MR) is 144 cm³/mol. The summed E-state index contributed by atoms with van der Waals surface area (Å²) in [6.45, 7) is 9.32. The summed E-state index contributed by atoms with van der Waals surface area (Å²) < 4.78 is 5.26. The van der Waals surface area contributed by atoms with Gasteiger partial charge in [-0.05, 0) is 64.2 Å². The zero-order valence-corrected chi connectivity index (χ0v) is 21.7. The second kappa shape index (κ2) is 10.7. The number of hydrogen-bond donors (Lipinski definition) is 2. The number of rotatable bonds is 7. The maximum absolute atomic E-state index is 6.56. The van der Waals surface area contributed by atoms with Gasteiger partial charge in [0.2, 0.25) is 0 Å². The van der Waals surface area contributed by atoms with Crippen molar-refractivity contribution < 1.29 is 4.74 Å². The molecule has 1 aromatic carbocycles. The van der Waals surface area contributed by atoms with Crippen molar-refractivity contribution in [2.45, 2.75) is 31.8 Å². The Morgan fingerprint density at radius 1 is 1.14 bits per heavy atom. The monoisotopic (exact) mass is 497 g/mol. The van der Waals surface area contributed by atoms with Gasteiger partial charge in [0, 0.05) is 56.6 Å². The number of pyridine rings is 1. The Labute approximate surface area is 212 Å². The van der Waals surface area contributed by atoms with Crippen LogP contribution in [0.4, 0.5) is 11.4 Å². The van der Waals surface area contributed by atoms with Crippen LogP contribution in [0.5, 0.6) is 0 Å². The second-order valence-corrected chi connectivity index (χ2v) is 10.3. The number of fused-ring (bicyclic) bond motifs is 1. The maximum Gasteiger partial charge on any atom is 0.159 e. The number of nitrogens with one attached hydrogen (secondary N) is 2. The molecule has 2 saturated heterocycles. The molecule has 0 radical (unpaired) electrons. The number of H-pyrrole nitrogens is 1. The Bertz CT molecular complexity index is 1130. The van der Waals surface area contributed by atoms with E-state index in [1.165, 1.54) is 5.69 Å². The first-order chi connectivity index (χ1) is 17.0. The van der Waals surface area contributed by atoms with Gasteiger partial charge >= 0.3 is 0 Å². The first-order valence-electron chi connectivity index (χ1n) is 12.6. The molecule has 0 spiro atoms. The van der Waals surface area contributed by atoms with Gasteiger partial charge in [-0.15, -0.1) is 0 Å². The lowest BCUT2D eigenvalue weighted by atomic mass is 10.1. The van der Waals surface area contributed by atoms with Crippen molar-refractivity contribution in [3.8, 4) is 11.4 Å². The number of benzene rings is 1. The standard InChI is InChI=1S/C26H36ClN7O/c1-18-17-34(13-12-33(18)14-15-35-3)21-6-4-19(5-7-21)25-30-24-23(22(27)16-28-26(24)31-25)29-20-8-10-32(2)11-9-20/h4-7,16,18,20H,8-15,17H2,1-3H3,(H2,28,29,30,31). The molecule has 2 aliphatic rings. The van der Waals surface area contributed by atoms with E-state index in [1.807, 2.05) is 0 Å². The summed E-state index contributed by atoms with van der Waals surface area (Å²) >= 11 is 6.56. The molecular weight excluding hydrogens is 462 g/mol. The highest BCUT2D eigenvalue weighted by Gasteiger charge is 2.24. The Morgan fingerprint density at radius 2 is 1.91 bits per heavy atom. The van der Waals surface area contributed by atoms with Crippen LogP contribution in [-0.4, -0.2) is 96.9 Å². The van der Waals surface area contributed by atoms with Crippen LogP contribution < -0.4 is 10.2 Å². The third-order valence-corrected chi connectivity index (χ3v) is 7.67. The molecule has 2 aliphatic heterocycles. The van der Waals surface area contributed by atoms with Crippen molar-refractivity contribution in [2.24, 2.45) is 0 Å². The number of hydrogen-bond acceptors (Lipinski definition) is 7. The summed E-state index contributed by atoms with van der Waals surface area (Å²) in [5, 5.41) is 4.26. The van der Waals surface area contributed by atoms with Crippen LogP contribution in [0.3, 0.4) is 0 Å². The molecule has 8 nitrogen and oxygen atoms in total. The van der Waals surface area contributed by atoms with Crippen molar-refractivity contribution in [3.63, 3.8) is 0 Å². The normalized spacial score (nSPS) is 20.6. The number of likely N-dealkylation sites (tertiary alicyclic amines) is 1. The third-order valence-electron chi connectivity index (χ3n) is 7.39. The third kappa shape index (κ3) is 5.40. The van der Waals surface area contributed by atoms with Crippen LogP contribution in [0.25, 0.3) is 22.6 Å². The molecule has 188 valence electrons. The Hall–Kier alpha value is -2.39. The molecule has 2 aromatic heterocycles. The van der Waals surface area contributed by atoms with Crippen LogP contribution in [-0.2, 0) is 4.74 Å². The number of aromatic amines is 1. The Balaban J connectivity index is 1.31. The number of aromatic nitrogens is 3. The molecule has 4 heterocycles. The predicted octanol–water partition coefficient (Wildman–Crippen LogP) is 3.94. The minimum Gasteiger partial charge on any atom is -0.383 e. The topological polar surface area (TPSA) is 72.6 Å². The van der Waals surface area contributed by atoms with Crippen molar-refractivity contribution >= 4 is 34.1 Å². The van der Waals surface area contributed by atoms with Crippen LogP contribution in [0.15, 0.2) is 30.5 Å². The summed E-state index contributed by atoms with van der Waals surface area (Å²) in [7, 11) is 3.94. The number of methoxy groups -OCH3 is 1. The summed E-state index contributed by atoms with van der Waals surface area (Å²) in [6.07, 6.45) is 3.89. The number of anilines is 2. The van der Waals surface area contributed by atoms with E-state index in [-0.39, 0.29) is 0 Å². The van der Waals surface area contributed by atoms with Gasteiger partial charge in [-0.1, -0.05) is 11.6 Å². The quantitative estimate of drug-likeness (QED) is 0.512. The van der Waals surface area contributed by atoms with E-state index in [9.17, 15) is 0 Å². The molecule has 9 heteroatoms. The van der Waals surface area contributed by atoms with E-state index in [0.29, 0.717) is 17.1 Å². The molecule has 2 N–H and O–H groups in total. The van der Waals surface area contributed by atoms with Gasteiger partial charge in [0.05, 0.1) is 23.5 Å². The molecule has 1 atom stereocenters. The molecule has 0 saturated carbocycles. The van der Waals surface area contributed by atoms with Gasteiger partial charge in [-0.3, -0.25) is 4.90 Å². The Morgan fingerprint density at radius 3 is 2.63 bits per heavy atom. The average Bonchev–Trinajstić information content (AvgIpc) is 3.31. The lowest BCUT2D eigenvalue weighted by molar-refractivity contribution is 0.117. The highest BCUT2D eigenvalue weighted by Crippen LogP contribution is 2.32. The molecule has 5 rings (SSSR count). The molecular formula is C26H36ClN7O. The fourth-order valence-electron chi connectivity index (χ4n) is 5.16. The van der Waals surface area contributed by atoms with E-state index in [2.05, 4.69) is 68.2 Å². The van der Waals surface area contributed by atoms with Gasteiger partial charge < -0.3 is 24.8 Å². The summed E-state index contributed by atoms with van der Waals surface area (Å²) in [6, 6.07) is 9.56. The zero-order chi connectivity index (χ0) is 24.4. The second-order valence-electron chi connectivity index (χ2n) is 9.86. The van der Waals surface area contributed by atoms with Crippen LogP contribution in [0, 0.1) is 0 Å². The molecule has 0 bridgehead atoms. The number of piperidine rings is 1. The van der Waals surface area contributed by atoms with Crippen LogP contribution in [0.1, 0.15) is 19.8 Å². The zero-order valence-electron chi connectivity index (χ0n) is 20.9. The first kappa shape index (κ1) is 24.3. The number of halogens is 1. The summed E-state index contributed by atoms with van der Waals surface area (Å²) in [5.41, 5.74) is 4.72. The minimum absolute atomic E-state index is 0.395. The minimum atomic E-state index is 0.395.